The van der Waals surface area contributed by atoms with Crippen LogP contribution in [0.25, 0.3) is 0 Å². The van der Waals surface area contributed by atoms with Gasteiger partial charge in [0, 0.05) is 23.6 Å². The molecule has 2 nitrogen and oxygen atoms in total. The van der Waals surface area contributed by atoms with Gasteiger partial charge in [0.15, 0.2) is 5.78 Å². The molecule has 0 aromatic heterocycles. The molecule has 26 heavy (non-hydrogen) atoms. The quantitative estimate of drug-likeness (QED) is 0.812. The van der Waals surface area contributed by atoms with Crippen LogP contribution in [0.3, 0.4) is 0 Å². The number of nitrogens with zero attached hydrogens (tertiary/aromatic N) is 1. The normalized spacial score (nSPS) is 19.5. The second-order valence-corrected chi connectivity index (χ2v) is 7.59. The highest BCUT2D eigenvalue weighted by Crippen LogP contribution is 2.43. The third kappa shape index (κ3) is 3.18. The second kappa shape index (κ2) is 6.92. The Bertz CT molecular complexity index is 825. The highest BCUT2D eigenvalue weighted by molar-refractivity contribution is 6.02. The number of halogens is 2. The number of likely N-dealkylation sites (tertiary alicyclic amines) is 1. The predicted molar refractivity (Wildman–Crippen MR) is 97.3 cm³/mol. The van der Waals surface area contributed by atoms with E-state index in [-0.39, 0.29) is 5.41 Å². The maximum Gasteiger partial charge on any atom is 0.169 e. The van der Waals surface area contributed by atoms with Crippen molar-refractivity contribution in [1.29, 1.82) is 0 Å². The molecule has 1 fully saturated rings. The summed E-state index contributed by atoms with van der Waals surface area (Å²) in [4.78, 5) is 15.3. The smallest absolute Gasteiger partial charge is 0.169 e. The van der Waals surface area contributed by atoms with E-state index in [0.717, 1.165) is 56.9 Å². The van der Waals surface area contributed by atoms with Crippen LogP contribution in [-0.2, 0) is 12.8 Å². The minimum Gasteiger partial charge on any atom is -0.303 e. The molecule has 2 aromatic rings. The number of hydrogen-bond donors (Lipinski definition) is 0. The van der Waals surface area contributed by atoms with Gasteiger partial charge in [-0.15, -0.1) is 0 Å². The van der Waals surface area contributed by atoms with Crippen LogP contribution in [0.2, 0.25) is 0 Å². The first kappa shape index (κ1) is 17.3. The summed E-state index contributed by atoms with van der Waals surface area (Å²) < 4.78 is 26.8. The van der Waals surface area contributed by atoms with E-state index in [1.807, 2.05) is 18.2 Å². The molecule has 0 radical (unpaired) electrons. The van der Waals surface area contributed by atoms with E-state index in [9.17, 15) is 13.6 Å². The number of hydrogen-bond acceptors (Lipinski definition) is 2. The zero-order valence-corrected chi connectivity index (χ0v) is 14.8. The lowest BCUT2D eigenvalue weighted by Crippen LogP contribution is -2.46. The van der Waals surface area contributed by atoms with E-state index in [4.69, 9.17) is 0 Å². The minimum atomic E-state index is -0.540. The molecule has 4 rings (SSSR count). The number of fused-ring (bicyclic) bond motifs is 1. The van der Waals surface area contributed by atoms with E-state index in [2.05, 4.69) is 11.0 Å². The van der Waals surface area contributed by atoms with E-state index in [0.29, 0.717) is 17.8 Å². The van der Waals surface area contributed by atoms with Crippen LogP contribution in [0, 0.1) is 17.0 Å². The van der Waals surface area contributed by atoms with Gasteiger partial charge in [-0.05, 0) is 62.4 Å². The Labute approximate surface area is 152 Å². The highest BCUT2D eigenvalue weighted by atomic mass is 19.1. The summed E-state index contributed by atoms with van der Waals surface area (Å²) >= 11 is 0. The first-order valence-electron chi connectivity index (χ1n) is 9.36. The third-order valence-corrected chi connectivity index (χ3v) is 6.14. The van der Waals surface area contributed by atoms with Gasteiger partial charge >= 0.3 is 0 Å². The molecule has 1 aliphatic heterocycles. The van der Waals surface area contributed by atoms with E-state index in [1.54, 1.807) is 0 Å². The Morgan fingerprint density at radius 3 is 2.54 bits per heavy atom. The SMILES string of the molecule is O=C1c2ccccc2CCC12CCN(CCc1ccc(F)cc1F)CC2. The largest absolute Gasteiger partial charge is 0.303 e. The Morgan fingerprint density at radius 2 is 1.77 bits per heavy atom. The molecule has 1 spiro atoms. The van der Waals surface area contributed by atoms with E-state index >= 15 is 0 Å². The number of benzene rings is 2. The third-order valence-electron chi connectivity index (χ3n) is 6.14. The van der Waals surface area contributed by atoms with Crippen LogP contribution < -0.4 is 0 Å². The molecule has 136 valence electrons. The number of piperidine rings is 1. The van der Waals surface area contributed by atoms with Gasteiger partial charge in [-0.25, -0.2) is 8.78 Å². The zero-order chi connectivity index (χ0) is 18.1. The molecule has 1 aliphatic carbocycles. The van der Waals surface area contributed by atoms with Crippen molar-refractivity contribution in [1.82, 2.24) is 4.90 Å². The van der Waals surface area contributed by atoms with Crippen LogP contribution in [0.5, 0.6) is 0 Å². The fourth-order valence-electron chi connectivity index (χ4n) is 4.42. The molecule has 0 amide bonds. The lowest BCUT2D eigenvalue weighted by atomic mass is 9.65. The van der Waals surface area contributed by atoms with Crippen molar-refractivity contribution in [2.24, 2.45) is 5.41 Å². The Balaban J connectivity index is 1.38. The van der Waals surface area contributed by atoms with Crippen LogP contribution in [0.15, 0.2) is 42.5 Å². The summed E-state index contributed by atoms with van der Waals surface area (Å²) in [5, 5.41) is 0. The second-order valence-electron chi connectivity index (χ2n) is 7.59. The fourth-order valence-corrected chi connectivity index (χ4v) is 4.42. The van der Waals surface area contributed by atoms with Gasteiger partial charge in [-0.2, -0.15) is 0 Å². The molecule has 0 atom stereocenters. The molecule has 1 heterocycles. The summed E-state index contributed by atoms with van der Waals surface area (Å²) in [6.45, 7) is 2.46. The monoisotopic (exact) mass is 355 g/mol. The number of aryl methyl sites for hydroxylation is 1. The van der Waals surface area contributed by atoms with Gasteiger partial charge in [0.2, 0.25) is 0 Å². The minimum absolute atomic E-state index is 0.216. The van der Waals surface area contributed by atoms with Crippen molar-refractivity contribution in [3.05, 3.63) is 70.8 Å². The zero-order valence-electron chi connectivity index (χ0n) is 14.8. The summed E-state index contributed by atoms with van der Waals surface area (Å²) in [5.74, 6) is -0.705. The lowest BCUT2D eigenvalue weighted by molar-refractivity contribution is 0.0543. The van der Waals surface area contributed by atoms with Crippen molar-refractivity contribution < 1.29 is 13.6 Å². The standard InChI is InChI=1S/C22H23F2NO/c23-18-6-5-17(20(24)15-18)8-12-25-13-10-22(11-14-25)9-7-16-3-1-2-4-19(16)21(22)26/h1-6,15H,7-14H2. The van der Waals surface area contributed by atoms with Gasteiger partial charge in [-0.3, -0.25) is 4.79 Å². The summed E-state index contributed by atoms with van der Waals surface area (Å²) in [5.41, 5.74) is 2.42. The molecule has 2 aromatic carbocycles. The topological polar surface area (TPSA) is 20.3 Å². The number of Topliss-reactive ketones (excluding diaryl/α,β-unsaturated/α-hetero) is 1. The average molecular weight is 355 g/mol. The molecule has 1 saturated heterocycles. The summed E-state index contributed by atoms with van der Waals surface area (Å²) in [6, 6.07) is 11.7. The van der Waals surface area contributed by atoms with Crippen molar-refractivity contribution >= 4 is 5.78 Å². The predicted octanol–water partition coefficient (Wildman–Crippen LogP) is 4.42. The number of carbonyl (C=O) groups is 1. The Morgan fingerprint density at radius 1 is 1.00 bits per heavy atom. The maximum absolute atomic E-state index is 13.8. The molecular formula is C22H23F2NO. The van der Waals surface area contributed by atoms with Gasteiger partial charge in [0.05, 0.1) is 0 Å². The fraction of sp³-hybridized carbons (Fsp3) is 0.409. The van der Waals surface area contributed by atoms with Crippen molar-refractivity contribution in [3.63, 3.8) is 0 Å². The highest BCUT2D eigenvalue weighted by Gasteiger charge is 2.44. The average Bonchev–Trinajstić information content (AvgIpc) is 2.66. The Hall–Kier alpha value is -2.07. The molecular weight excluding hydrogens is 332 g/mol. The van der Waals surface area contributed by atoms with Gasteiger partial charge in [0.25, 0.3) is 0 Å². The van der Waals surface area contributed by atoms with Crippen LogP contribution in [0.1, 0.15) is 40.7 Å². The van der Waals surface area contributed by atoms with Crippen LogP contribution >= 0.6 is 0 Å². The van der Waals surface area contributed by atoms with Crippen LogP contribution in [0.4, 0.5) is 8.78 Å². The number of carbonyl (C=O) groups excluding carboxylic acids is 1. The summed E-state index contributed by atoms with van der Waals surface area (Å²) in [7, 11) is 0. The lowest BCUT2D eigenvalue weighted by Gasteiger charge is -2.43. The van der Waals surface area contributed by atoms with Gasteiger partial charge in [0.1, 0.15) is 11.6 Å². The number of rotatable bonds is 3. The van der Waals surface area contributed by atoms with Crippen molar-refractivity contribution in [2.75, 3.05) is 19.6 Å². The number of ketones is 1. The molecule has 0 bridgehead atoms. The van der Waals surface area contributed by atoms with Crippen molar-refractivity contribution in [2.45, 2.75) is 32.1 Å². The Kier molecular flexibility index (Phi) is 4.62. The van der Waals surface area contributed by atoms with Gasteiger partial charge in [-0.1, -0.05) is 30.3 Å². The molecule has 0 unspecified atom stereocenters. The first-order chi connectivity index (χ1) is 12.6. The molecule has 0 saturated carbocycles. The maximum atomic E-state index is 13.8. The van der Waals surface area contributed by atoms with Gasteiger partial charge < -0.3 is 4.90 Å². The van der Waals surface area contributed by atoms with Crippen LogP contribution in [-0.4, -0.2) is 30.3 Å². The van der Waals surface area contributed by atoms with Crippen molar-refractivity contribution in [3.8, 4) is 0 Å². The first-order valence-corrected chi connectivity index (χ1v) is 9.36. The molecule has 0 N–H and O–H groups in total. The van der Waals surface area contributed by atoms with E-state index < -0.39 is 11.6 Å². The molecule has 2 aliphatic rings. The van der Waals surface area contributed by atoms with E-state index in [1.165, 1.54) is 17.7 Å². The summed E-state index contributed by atoms with van der Waals surface area (Å²) in [6.07, 6.45) is 4.21. The molecule has 4 heteroatoms.